The summed E-state index contributed by atoms with van der Waals surface area (Å²) < 4.78 is 5.00. The van der Waals surface area contributed by atoms with Crippen LogP contribution in [-0.2, 0) is 22.6 Å². The summed E-state index contributed by atoms with van der Waals surface area (Å²) in [6, 6.07) is 1.49. The van der Waals surface area contributed by atoms with Crippen molar-refractivity contribution in [3.05, 3.63) is 40.0 Å². The van der Waals surface area contributed by atoms with Crippen LogP contribution in [0.25, 0.3) is 0 Å². The number of allylic oxidation sites excluding steroid dienone is 2. The van der Waals surface area contributed by atoms with E-state index in [1.807, 2.05) is 19.9 Å². The molecular formula is C17H20O4. The molecule has 1 aromatic rings. The number of hydrogen-bond acceptors (Lipinski definition) is 4. The van der Waals surface area contributed by atoms with E-state index < -0.39 is 0 Å². The Morgan fingerprint density at radius 3 is 2.76 bits per heavy atom. The zero-order chi connectivity index (χ0) is 15.6. The Balaban J connectivity index is 2.20. The third-order valence-electron chi connectivity index (χ3n) is 3.91. The number of ether oxygens (including phenoxy) is 1. The van der Waals surface area contributed by atoms with Crippen LogP contribution in [-0.4, -0.2) is 16.9 Å². The second kappa shape index (κ2) is 6.12. The van der Waals surface area contributed by atoms with Crippen LogP contribution < -0.4 is 0 Å². The number of carbonyl (C=O) groups is 2. The average Bonchev–Trinajstić information content (AvgIpc) is 2.78. The van der Waals surface area contributed by atoms with Crippen LogP contribution in [0.2, 0.25) is 0 Å². The van der Waals surface area contributed by atoms with Gasteiger partial charge >= 0.3 is 5.97 Å². The van der Waals surface area contributed by atoms with E-state index in [4.69, 9.17) is 4.74 Å². The maximum atomic E-state index is 11.5. The van der Waals surface area contributed by atoms with Gasteiger partial charge in [0.2, 0.25) is 0 Å². The number of aromatic hydroxyl groups is 1. The number of rotatable bonds is 5. The molecule has 0 unspecified atom stereocenters. The third-order valence-corrected chi connectivity index (χ3v) is 3.91. The highest BCUT2D eigenvalue weighted by molar-refractivity contribution is 5.94. The van der Waals surface area contributed by atoms with E-state index in [1.165, 1.54) is 6.07 Å². The van der Waals surface area contributed by atoms with Crippen molar-refractivity contribution >= 4 is 11.8 Å². The first-order valence-electron chi connectivity index (χ1n) is 7.06. The van der Waals surface area contributed by atoms with Gasteiger partial charge in [-0.15, -0.1) is 0 Å². The van der Waals surface area contributed by atoms with Crippen molar-refractivity contribution in [2.45, 2.75) is 46.6 Å². The summed E-state index contributed by atoms with van der Waals surface area (Å²) in [5.74, 6) is -0.0705. The zero-order valence-corrected chi connectivity index (χ0v) is 12.7. The molecule has 0 saturated carbocycles. The van der Waals surface area contributed by atoms with Crippen LogP contribution in [0.3, 0.4) is 0 Å². The van der Waals surface area contributed by atoms with Gasteiger partial charge in [-0.1, -0.05) is 11.6 Å². The molecule has 1 aromatic carbocycles. The number of carbonyl (C=O) groups excluding carboxylic acids is 2. The monoisotopic (exact) mass is 288 g/mol. The maximum Gasteiger partial charge on any atom is 0.339 e. The molecule has 0 aliphatic carbocycles. The first-order valence-corrected chi connectivity index (χ1v) is 7.06. The van der Waals surface area contributed by atoms with Crippen molar-refractivity contribution in [1.29, 1.82) is 0 Å². The van der Waals surface area contributed by atoms with Crippen molar-refractivity contribution in [2.75, 3.05) is 0 Å². The summed E-state index contributed by atoms with van der Waals surface area (Å²) >= 11 is 0. The van der Waals surface area contributed by atoms with Crippen molar-refractivity contribution < 1.29 is 19.4 Å². The van der Waals surface area contributed by atoms with Crippen LogP contribution in [0.1, 0.15) is 53.7 Å². The van der Waals surface area contributed by atoms with Crippen LogP contribution in [0.15, 0.2) is 17.7 Å². The van der Waals surface area contributed by atoms with Crippen molar-refractivity contribution in [3.8, 4) is 5.75 Å². The van der Waals surface area contributed by atoms with Gasteiger partial charge < -0.3 is 14.6 Å². The van der Waals surface area contributed by atoms with Crippen molar-refractivity contribution in [2.24, 2.45) is 0 Å². The molecule has 0 atom stereocenters. The van der Waals surface area contributed by atoms with E-state index in [0.29, 0.717) is 18.4 Å². The molecule has 0 saturated heterocycles. The smallest absolute Gasteiger partial charge is 0.339 e. The highest BCUT2D eigenvalue weighted by atomic mass is 16.5. The Labute approximate surface area is 124 Å². The summed E-state index contributed by atoms with van der Waals surface area (Å²) in [7, 11) is 0. The molecule has 112 valence electrons. The molecule has 0 bridgehead atoms. The Bertz CT molecular complexity index is 626. The molecule has 21 heavy (non-hydrogen) atoms. The second-order valence-corrected chi connectivity index (χ2v) is 5.56. The number of cyclic esters (lactones) is 1. The molecule has 1 N–H and O–H groups in total. The Morgan fingerprint density at radius 2 is 2.10 bits per heavy atom. The molecule has 0 radical (unpaired) electrons. The second-order valence-electron chi connectivity index (χ2n) is 5.56. The number of phenolic OH excluding ortho intramolecular Hbond substituents is 1. The molecule has 0 aromatic heterocycles. The summed E-state index contributed by atoms with van der Waals surface area (Å²) in [4.78, 5) is 22.5. The molecule has 1 heterocycles. The van der Waals surface area contributed by atoms with Crippen LogP contribution in [0, 0.1) is 6.92 Å². The summed E-state index contributed by atoms with van der Waals surface area (Å²) in [5, 5.41) is 10.1. The topological polar surface area (TPSA) is 63.6 Å². The van der Waals surface area contributed by atoms with E-state index in [-0.39, 0.29) is 24.1 Å². The van der Waals surface area contributed by atoms with Gasteiger partial charge in [-0.25, -0.2) is 4.79 Å². The lowest BCUT2D eigenvalue weighted by Crippen LogP contribution is -1.99. The van der Waals surface area contributed by atoms with Crippen LogP contribution >= 0.6 is 0 Å². The predicted molar refractivity (Wildman–Crippen MR) is 79.3 cm³/mol. The van der Waals surface area contributed by atoms with Crippen LogP contribution in [0.5, 0.6) is 5.75 Å². The number of fused-ring (bicyclic) bond motifs is 1. The van der Waals surface area contributed by atoms with Gasteiger partial charge in [0.25, 0.3) is 0 Å². The van der Waals surface area contributed by atoms with Gasteiger partial charge in [0.1, 0.15) is 18.1 Å². The number of ketones is 1. The molecule has 0 spiro atoms. The SMILES string of the molecule is CC(=O)CC/C(C)=C/Cc1c(O)cc2c(c1C)COC2=O. The summed E-state index contributed by atoms with van der Waals surface area (Å²) in [5.41, 5.74) is 4.17. The first-order chi connectivity index (χ1) is 9.90. The average molecular weight is 288 g/mol. The van der Waals surface area contributed by atoms with Crippen LogP contribution in [0.4, 0.5) is 0 Å². The molecule has 0 amide bonds. The molecule has 1 aliphatic rings. The van der Waals surface area contributed by atoms with E-state index in [0.717, 1.165) is 28.7 Å². The van der Waals surface area contributed by atoms with Crippen molar-refractivity contribution in [3.63, 3.8) is 0 Å². The molecule has 4 nitrogen and oxygen atoms in total. The van der Waals surface area contributed by atoms with Gasteiger partial charge in [0.05, 0.1) is 5.56 Å². The van der Waals surface area contributed by atoms with E-state index in [9.17, 15) is 14.7 Å². The lowest BCUT2D eigenvalue weighted by atomic mass is 9.94. The minimum absolute atomic E-state index is 0.126. The Kier molecular flexibility index (Phi) is 4.46. The van der Waals surface area contributed by atoms with E-state index >= 15 is 0 Å². The number of Topliss-reactive ketones (excluding diaryl/α,β-unsaturated/α-hetero) is 1. The highest BCUT2D eigenvalue weighted by Crippen LogP contribution is 2.33. The van der Waals surface area contributed by atoms with E-state index in [2.05, 4.69) is 0 Å². The first kappa shape index (κ1) is 15.3. The highest BCUT2D eigenvalue weighted by Gasteiger charge is 2.25. The molecular weight excluding hydrogens is 268 g/mol. The molecule has 1 aliphatic heterocycles. The van der Waals surface area contributed by atoms with E-state index in [1.54, 1.807) is 6.92 Å². The number of esters is 1. The standard InChI is InChI=1S/C17H20O4/c1-10(4-6-11(2)18)5-7-13-12(3)15-9-21-17(20)14(15)8-16(13)19/h5,8,19H,4,6-7,9H2,1-3H3/b10-5+. The van der Waals surface area contributed by atoms with Gasteiger partial charge in [-0.2, -0.15) is 0 Å². The van der Waals surface area contributed by atoms with Gasteiger partial charge in [0.15, 0.2) is 0 Å². The third kappa shape index (κ3) is 3.32. The lowest BCUT2D eigenvalue weighted by molar-refractivity contribution is -0.116. The molecule has 4 heteroatoms. The maximum absolute atomic E-state index is 11.5. The normalized spacial score (nSPS) is 14.0. The van der Waals surface area contributed by atoms with Crippen molar-refractivity contribution in [1.82, 2.24) is 0 Å². The fourth-order valence-corrected chi connectivity index (χ4v) is 2.48. The zero-order valence-electron chi connectivity index (χ0n) is 12.7. The lowest BCUT2D eigenvalue weighted by Gasteiger charge is -2.10. The number of hydrogen-bond donors (Lipinski definition) is 1. The predicted octanol–water partition coefficient (Wildman–Crippen LogP) is 3.23. The summed E-state index contributed by atoms with van der Waals surface area (Å²) in [6.07, 6.45) is 3.89. The minimum atomic E-state index is -0.372. The number of phenols is 1. The summed E-state index contributed by atoms with van der Waals surface area (Å²) in [6.45, 7) is 5.74. The van der Waals surface area contributed by atoms with Gasteiger partial charge in [-0.3, -0.25) is 0 Å². The Hall–Kier alpha value is -2.10. The van der Waals surface area contributed by atoms with Gasteiger partial charge in [-0.05, 0) is 45.2 Å². The minimum Gasteiger partial charge on any atom is -0.508 e. The molecule has 0 fully saturated rings. The number of benzene rings is 1. The molecule has 2 rings (SSSR count). The fraction of sp³-hybridized carbons (Fsp3) is 0.412. The largest absolute Gasteiger partial charge is 0.508 e. The fourth-order valence-electron chi connectivity index (χ4n) is 2.48. The Morgan fingerprint density at radius 1 is 1.38 bits per heavy atom. The quantitative estimate of drug-likeness (QED) is 0.667. The van der Waals surface area contributed by atoms with Gasteiger partial charge in [0, 0.05) is 17.5 Å².